The van der Waals surface area contributed by atoms with Crippen LogP contribution in [0.15, 0.2) is 59.1 Å². The summed E-state index contributed by atoms with van der Waals surface area (Å²) in [5, 5.41) is 1.06. The summed E-state index contributed by atoms with van der Waals surface area (Å²) in [6.45, 7) is 0. The second-order valence-electron chi connectivity index (χ2n) is 4.33. The van der Waals surface area contributed by atoms with Gasteiger partial charge in [0.25, 0.3) is 0 Å². The van der Waals surface area contributed by atoms with Gasteiger partial charge in [-0.15, -0.1) is 11.6 Å². The number of nitrogens with zero attached hydrogens (tertiary/aromatic N) is 1. The van der Waals surface area contributed by atoms with Crippen LogP contribution in [0.3, 0.4) is 0 Å². The normalized spacial score (nSPS) is 10.7. The maximum atomic E-state index is 6.00. The fourth-order valence-corrected chi connectivity index (χ4v) is 2.40. The van der Waals surface area contributed by atoms with Crippen molar-refractivity contribution in [3.05, 3.63) is 64.6 Å². The van der Waals surface area contributed by atoms with Crippen LogP contribution in [0.5, 0.6) is 11.6 Å². The van der Waals surface area contributed by atoms with E-state index in [2.05, 4.69) is 20.9 Å². The van der Waals surface area contributed by atoms with Crippen LogP contribution in [-0.4, -0.2) is 4.98 Å². The van der Waals surface area contributed by atoms with Gasteiger partial charge in [-0.25, -0.2) is 4.98 Å². The quantitative estimate of drug-likeness (QED) is 0.581. The Morgan fingerprint density at radius 2 is 1.80 bits per heavy atom. The molecule has 0 fully saturated rings. The number of halogens is 2. The van der Waals surface area contributed by atoms with E-state index in [-0.39, 0.29) is 0 Å². The van der Waals surface area contributed by atoms with Gasteiger partial charge in [-0.1, -0.05) is 34.1 Å². The zero-order valence-electron chi connectivity index (χ0n) is 10.5. The summed E-state index contributed by atoms with van der Waals surface area (Å²) in [5.41, 5.74) is 1.78. The van der Waals surface area contributed by atoms with Crippen molar-refractivity contribution in [2.75, 3.05) is 0 Å². The number of benzene rings is 2. The summed E-state index contributed by atoms with van der Waals surface area (Å²) in [6, 6.07) is 17.6. The van der Waals surface area contributed by atoms with Crippen LogP contribution in [0.2, 0.25) is 0 Å². The number of hydrogen-bond donors (Lipinski definition) is 0. The highest BCUT2D eigenvalue weighted by Gasteiger charge is 2.08. The third kappa shape index (κ3) is 2.79. The number of fused-ring (bicyclic) bond motifs is 1. The predicted octanol–water partition coefficient (Wildman–Crippen LogP) is 5.53. The molecule has 0 saturated carbocycles. The van der Waals surface area contributed by atoms with Crippen molar-refractivity contribution < 1.29 is 4.74 Å². The number of hydrogen-bond acceptors (Lipinski definition) is 2. The van der Waals surface area contributed by atoms with E-state index in [4.69, 9.17) is 16.3 Å². The highest BCUT2D eigenvalue weighted by molar-refractivity contribution is 9.10. The van der Waals surface area contributed by atoms with E-state index in [9.17, 15) is 0 Å². The average molecular weight is 349 g/mol. The summed E-state index contributed by atoms with van der Waals surface area (Å²) in [7, 11) is 0. The molecule has 0 radical (unpaired) electrons. The lowest BCUT2D eigenvalue weighted by Crippen LogP contribution is -1.94. The first-order valence-corrected chi connectivity index (χ1v) is 7.47. The molecule has 3 aromatic rings. The first kappa shape index (κ1) is 13.4. The molecule has 1 aromatic heterocycles. The minimum absolute atomic E-state index is 0.365. The molecule has 0 aliphatic rings. The summed E-state index contributed by atoms with van der Waals surface area (Å²) in [5.74, 6) is 1.66. The molecule has 4 heteroatoms. The Balaban J connectivity index is 2.03. The fourth-order valence-electron chi connectivity index (χ4n) is 1.94. The first-order valence-electron chi connectivity index (χ1n) is 6.14. The molecule has 0 aliphatic heterocycles. The Morgan fingerprint density at radius 3 is 2.55 bits per heavy atom. The van der Waals surface area contributed by atoms with Crippen molar-refractivity contribution in [1.29, 1.82) is 0 Å². The molecular weight excluding hydrogens is 338 g/mol. The Bertz CT molecular complexity index is 743. The van der Waals surface area contributed by atoms with E-state index in [1.807, 2.05) is 54.6 Å². The number of pyridine rings is 1. The third-order valence-corrected chi connectivity index (χ3v) is 3.75. The van der Waals surface area contributed by atoms with Crippen LogP contribution in [-0.2, 0) is 5.88 Å². The lowest BCUT2D eigenvalue weighted by molar-refractivity contribution is 0.460. The average Bonchev–Trinajstić information content (AvgIpc) is 2.49. The maximum absolute atomic E-state index is 6.00. The molecule has 1 heterocycles. The van der Waals surface area contributed by atoms with Crippen LogP contribution in [0.1, 0.15) is 5.56 Å². The van der Waals surface area contributed by atoms with Crippen molar-refractivity contribution in [2.24, 2.45) is 0 Å². The minimum Gasteiger partial charge on any atom is -0.439 e. The number of para-hydroxylation sites is 1. The van der Waals surface area contributed by atoms with Gasteiger partial charge in [-0.2, -0.15) is 0 Å². The SMILES string of the molecule is ClCc1cc2ccccc2nc1Oc1ccc(Br)cc1. The van der Waals surface area contributed by atoms with E-state index in [1.165, 1.54) is 0 Å². The van der Waals surface area contributed by atoms with Gasteiger partial charge in [0.1, 0.15) is 5.75 Å². The second-order valence-corrected chi connectivity index (χ2v) is 5.52. The molecule has 2 aromatic carbocycles. The summed E-state index contributed by atoms with van der Waals surface area (Å²) in [6.07, 6.45) is 0. The van der Waals surface area contributed by atoms with Gasteiger partial charge in [0, 0.05) is 15.4 Å². The van der Waals surface area contributed by atoms with Gasteiger partial charge >= 0.3 is 0 Å². The number of rotatable bonds is 3. The smallest absolute Gasteiger partial charge is 0.224 e. The topological polar surface area (TPSA) is 22.1 Å². The van der Waals surface area contributed by atoms with Gasteiger partial charge in [0.2, 0.25) is 5.88 Å². The Hall–Kier alpha value is -1.58. The molecule has 0 N–H and O–H groups in total. The van der Waals surface area contributed by atoms with E-state index >= 15 is 0 Å². The standard InChI is InChI=1S/C16H11BrClNO/c17-13-5-7-14(8-6-13)20-16-12(10-18)9-11-3-1-2-4-15(11)19-16/h1-9H,10H2. The molecule has 0 aliphatic carbocycles. The van der Waals surface area contributed by atoms with Crippen LogP contribution < -0.4 is 4.74 Å². The second kappa shape index (κ2) is 5.81. The van der Waals surface area contributed by atoms with Crippen molar-refractivity contribution in [3.8, 4) is 11.6 Å². The molecule has 0 saturated heterocycles. The Kier molecular flexibility index (Phi) is 3.90. The molecule has 0 bridgehead atoms. The van der Waals surface area contributed by atoms with Crippen LogP contribution in [0, 0.1) is 0 Å². The molecule has 0 spiro atoms. The highest BCUT2D eigenvalue weighted by Crippen LogP contribution is 2.28. The van der Waals surface area contributed by atoms with Crippen LogP contribution >= 0.6 is 27.5 Å². The van der Waals surface area contributed by atoms with Crippen molar-refractivity contribution >= 4 is 38.4 Å². The summed E-state index contributed by atoms with van der Waals surface area (Å²) >= 11 is 9.40. The molecule has 100 valence electrons. The first-order chi connectivity index (χ1) is 9.76. The van der Waals surface area contributed by atoms with Gasteiger partial charge in [0.05, 0.1) is 11.4 Å². The van der Waals surface area contributed by atoms with Gasteiger partial charge in [-0.05, 0) is 36.4 Å². The predicted molar refractivity (Wildman–Crippen MR) is 85.5 cm³/mol. The highest BCUT2D eigenvalue weighted by atomic mass is 79.9. The molecule has 20 heavy (non-hydrogen) atoms. The van der Waals surface area contributed by atoms with Gasteiger partial charge in [-0.3, -0.25) is 0 Å². The van der Waals surface area contributed by atoms with Crippen LogP contribution in [0.4, 0.5) is 0 Å². The Morgan fingerprint density at radius 1 is 1.05 bits per heavy atom. The maximum Gasteiger partial charge on any atom is 0.224 e. The summed E-state index contributed by atoms with van der Waals surface area (Å²) < 4.78 is 6.86. The Labute approximate surface area is 130 Å². The van der Waals surface area contributed by atoms with E-state index in [0.717, 1.165) is 26.7 Å². The molecule has 0 amide bonds. The zero-order valence-corrected chi connectivity index (χ0v) is 12.9. The monoisotopic (exact) mass is 347 g/mol. The zero-order chi connectivity index (χ0) is 13.9. The number of alkyl halides is 1. The largest absolute Gasteiger partial charge is 0.439 e. The van der Waals surface area contributed by atoms with E-state index in [1.54, 1.807) is 0 Å². The van der Waals surface area contributed by atoms with Crippen molar-refractivity contribution in [2.45, 2.75) is 5.88 Å². The molecule has 0 atom stereocenters. The molecular formula is C16H11BrClNO. The van der Waals surface area contributed by atoms with E-state index < -0.39 is 0 Å². The third-order valence-electron chi connectivity index (χ3n) is 2.94. The fraction of sp³-hybridized carbons (Fsp3) is 0.0625. The van der Waals surface area contributed by atoms with E-state index in [0.29, 0.717) is 11.8 Å². The molecule has 2 nitrogen and oxygen atoms in total. The molecule has 3 rings (SSSR count). The summed E-state index contributed by atoms with van der Waals surface area (Å²) in [4.78, 5) is 4.55. The lowest BCUT2D eigenvalue weighted by atomic mass is 10.2. The van der Waals surface area contributed by atoms with Crippen LogP contribution in [0.25, 0.3) is 10.9 Å². The number of aromatic nitrogens is 1. The van der Waals surface area contributed by atoms with Gasteiger partial charge in [0.15, 0.2) is 0 Å². The molecule has 0 unspecified atom stereocenters. The number of ether oxygens (including phenoxy) is 1. The lowest BCUT2D eigenvalue weighted by Gasteiger charge is -2.10. The van der Waals surface area contributed by atoms with Crippen molar-refractivity contribution in [1.82, 2.24) is 4.98 Å². The van der Waals surface area contributed by atoms with Gasteiger partial charge < -0.3 is 4.74 Å². The minimum atomic E-state index is 0.365. The van der Waals surface area contributed by atoms with Crippen molar-refractivity contribution in [3.63, 3.8) is 0 Å².